The number of nitrogens with zero attached hydrogens (tertiary/aromatic N) is 2. The zero-order valence-electron chi connectivity index (χ0n) is 15.6. The summed E-state index contributed by atoms with van der Waals surface area (Å²) in [4.78, 5) is 28.7. The molecule has 1 saturated heterocycles. The lowest BCUT2D eigenvalue weighted by Gasteiger charge is -2.25. The molecule has 0 spiro atoms. The molecule has 1 heterocycles. The van der Waals surface area contributed by atoms with Crippen LogP contribution < -0.4 is 10.2 Å². The molecule has 2 aliphatic rings. The van der Waals surface area contributed by atoms with E-state index < -0.39 is 0 Å². The summed E-state index contributed by atoms with van der Waals surface area (Å²) in [5, 5.41) is 3.01. The van der Waals surface area contributed by atoms with Gasteiger partial charge in [-0.25, -0.2) is 0 Å². The van der Waals surface area contributed by atoms with Crippen molar-refractivity contribution in [1.82, 2.24) is 4.90 Å². The summed E-state index contributed by atoms with van der Waals surface area (Å²) in [7, 11) is 2.00. The van der Waals surface area contributed by atoms with Gasteiger partial charge >= 0.3 is 0 Å². The zero-order chi connectivity index (χ0) is 18.8. The van der Waals surface area contributed by atoms with E-state index in [1.54, 1.807) is 4.90 Å². The van der Waals surface area contributed by atoms with Crippen molar-refractivity contribution in [1.29, 1.82) is 0 Å². The van der Waals surface area contributed by atoms with Gasteiger partial charge in [0.05, 0.1) is 17.9 Å². The second kappa shape index (κ2) is 7.53. The fourth-order valence-electron chi connectivity index (χ4n) is 4.24. The number of nitrogens with one attached hydrogen (secondary N) is 1. The number of fused-ring (bicyclic) bond motifs is 1. The molecule has 1 fully saturated rings. The first-order chi connectivity index (χ1) is 13.1. The number of aryl methyl sites for hydroxylation is 1. The van der Waals surface area contributed by atoms with Crippen molar-refractivity contribution < 1.29 is 9.59 Å². The van der Waals surface area contributed by atoms with Gasteiger partial charge in [0.1, 0.15) is 0 Å². The summed E-state index contributed by atoms with van der Waals surface area (Å²) in [5.74, 6) is 0.0670. The normalized spacial score (nSPS) is 18.8. The molecule has 140 valence electrons. The maximum Gasteiger partial charge on any atom is 0.238 e. The molecule has 2 aromatic rings. The van der Waals surface area contributed by atoms with E-state index in [9.17, 15) is 9.59 Å². The van der Waals surface area contributed by atoms with Crippen LogP contribution >= 0.6 is 0 Å². The van der Waals surface area contributed by atoms with Crippen molar-refractivity contribution in [3.8, 4) is 0 Å². The molecule has 1 aliphatic carbocycles. The van der Waals surface area contributed by atoms with Gasteiger partial charge in [-0.3, -0.25) is 14.5 Å². The molecular formula is C22H25N3O2. The van der Waals surface area contributed by atoms with Crippen LogP contribution in [0.5, 0.6) is 0 Å². The van der Waals surface area contributed by atoms with Crippen LogP contribution in [0, 0.1) is 0 Å². The van der Waals surface area contributed by atoms with Crippen LogP contribution in [0.1, 0.15) is 36.4 Å². The minimum Gasteiger partial charge on any atom is -0.323 e. The van der Waals surface area contributed by atoms with Gasteiger partial charge in [0.2, 0.25) is 11.8 Å². The lowest BCUT2D eigenvalue weighted by molar-refractivity contribution is -0.118. The Morgan fingerprint density at radius 3 is 2.74 bits per heavy atom. The Kier molecular flexibility index (Phi) is 4.94. The van der Waals surface area contributed by atoms with Crippen molar-refractivity contribution in [3.63, 3.8) is 0 Å². The van der Waals surface area contributed by atoms with Crippen LogP contribution in [0.3, 0.4) is 0 Å². The highest BCUT2D eigenvalue weighted by molar-refractivity contribution is 6.02. The minimum atomic E-state index is -0.0547. The van der Waals surface area contributed by atoms with Crippen molar-refractivity contribution in [2.24, 2.45) is 0 Å². The molecule has 1 N–H and O–H groups in total. The number of hydrogen-bond donors (Lipinski definition) is 1. The van der Waals surface area contributed by atoms with Crippen LogP contribution in [-0.2, 0) is 16.0 Å². The molecule has 2 aromatic carbocycles. The van der Waals surface area contributed by atoms with E-state index in [1.165, 1.54) is 11.1 Å². The Balaban J connectivity index is 1.44. The number of para-hydroxylation sites is 2. The van der Waals surface area contributed by atoms with E-state index in [2.05, 4.69) is 34.5 Å². The van der Waals surface area contributed by atoms with Crippen molar-refractivity contribution >= 4 is 23.2 Å². The Hall–Kier alpha value is -2.66. The van der Waals surface area contributed by atoms with Gasteiger partial charge in [0.25, 0.3) is 0 Å². The van der Waals surface area contributed by atoms with Crippen LogP contribution in [0.25, 0.3) is 0 Å². The van der Waals surface area contributed by atoms with Crippen molar-refractivity contribution in [3.05, 3.63) is 59.7 Å². The Bertz CT molecular complexity index is 864. The third kappa shape index (κ3) is 3.60. The van der Waals surface area contributed by atoms with Crippen molar-refractivity contribution in [2.75, 3.05) is 30.4 Å². The molecule has 1 aliphatic heterocycles. The minimum absolute atomic E-state index is 0.0547. The summed E-state index contributed by atoms with van der Waals surface area (Å²) in [6.07, 6.45) is 3.55. The maximum atomic E-state index is 12.7. The average Bonchev–Trinajstić information content (AvgIpc) is 3.28. The number of rotatable bonds is 5. The van der Waals surface area contributed by atoms with E-state index in [4.69, 9.17) is 0 Å². The molecule has 4 rings (SSSR count). The van der Waals surface area contributed by atoms with E-state index in [-0.39, 0.29) is 17.9 Å². The first-order valence-electron chi connectivity index (χ1n) is 9.61. The largest absolute Gasteiger partial charge is 0.323 e. The molecule has 5 nitrogen and oxygen atoms in total. The summed E-state index contributed by atoms with van der Waals surface area (Å²) in [6, 6.07) is 16.3. The van der Waals surface area contributed by atoms with Crippen LogP contribution in [-0.4, -0.2) is 36.9 Å². The predicted octanol–water partition coefficient (Wildman–Crippen LogP) is 3.37. The summed E-state index contributed by atoms with van der Waals surface area (Å²) in [5.41, 5.74) is 4.21. The fraction of sp³-hybridized carbons (Fsp3) is 0.364. The predicted molar refractivity (Wildman–Crippen MR) is 107 cm³/mol. The third-order valence-electron chi connectivity index (χ3n) is 5.57. The highest BCUT2D eigenvalue weighted by Crippen LogP contribution is 2.35. The topological polar surface area (TPSA) is 52.7 Å². The lowest BCUT2D eigenvalue weighted by Crippen LogP contribution is -2.33. The second-order valence-electron chi connectivity index (χ2n) is 7.38. The van der Waals surface area contributed by atoms with Gasteiger partial charge < -0.3 is 10.2 Å². The third-order valence-corrected chi connectivity index (χ3v) is 5.57. The first kappa shape index (κ1) is 17.7. The number of carbonyl (C=O) groups excluding carboxylic acids is 2. The van der Waals surface area contributed by atoms with Gasteiger partial charge in [0.15, 0.2) is 0 Å². The number of carbonyl (C=O) groups is 2. The van der Waals surface area contributed by atoms with Gasteiger partial charge in [0, 0.05) is 19.0 Å². The molecule has 0 saturated carbocycles. The fourth-order valence-corrected chi connectivity index (χ4v) is 4.24. The second-order valence-corrected chi connectivity index (χ2v) is 7.38. The Morgan fingerprint density at radius 2 is 1.93 bits per heavy atom. The molecular weight excluding hydrogens is 338 g/mol. The molecule has 0 radical (unpaired) electrons. The highest BCUT2D eigenvalue weighted by atomic mass is 16.2. The number of anilines is 2. The monoisotopic (exact) mass is 363 g/mol. The number of likely N-dealkylation sites (N-methyl/N-ethyl adjacent to an activating group) is 1. The number of benzene rings is 2. The van der Waals surface area contributed by atoms with Crippen molar-refractivity contribution in [2.45, 2.75) is 31.7 Å². The standard InChI is InChI=1S/C22H25N3O2/c1-24(19-13-12-16-7-2-3-8-17(16)19)15-21(26)23-18-9-4-5-10-20(18)25-14-6-11-22(25)27/h2-5,7-10,19H,6,11-15H2,1H3,(H,23,26). The number of hydrogen-bond acceptors (Lipinski definition) is 3. The highest BCUT2D eigenvalue weighted by Gasteiger charge is 2.27. The lowest BCUT2D eigenvalue weighted by atomic mass is 10.1. The zero-order valence-corrected chi connectivity index (χ0v) is 15.6. The molecule has 0 bridgehead atoms. The van der Waals surface area contributed by atoms with Crippen LogP contribution in [0.15, 0.2) is 48.5 Å². The molecule has 27 heavy (non-hydrogen) atoms. The first-order valence-corrected chi connectivity index (χ1v) is 9.61. The number of amides is 2. The molecule has 1 atom stereocenters. The smallest absolute Gasteiger partial charge is 0.238 e. The van der Waals surface area contributed by atoms with E-state index >= 15 is 0 Å². The van der Waals surface area contributed by atoms with Gasteiger partial charge in [-0.05, 0) is 49.6 Å². The van der Waals surface area contributed by atoms with Gasteiger partial charge in [-0.15, -0.1) is 0 Å². The molecule has 0 aromatic heterocycles. The van der Waals surface area contributed by atoms with Crippen LogP contribution in [0.4, 0.5) is 11.4 Å². The summed E-state index contributed by atoms with van der Waals surface area (Å²) >= 11 is 0. The maximum absolute atomic E-state index is 12.7. The van der Waals surface area contributed by atoms with E-state index in [0.717, 1.165) is 24.9 Å². The van der Waals surface area contributed by atoms with E-state index in [0.29, 0.717) is 25.2 Å². The summed E-state index contributed by atoms with van der Waals surface area (Å²) in [6.45, 7) is 1.03. The molecule has 1 unspecified atom stereocenters. The van der Waals surface area contributed by atoms with Gasteiger partial charge in [-0.2, -0.15) is 0 Å². The van der Waals surface area contributed by atoms with E-state index in [1.807, 2.05) is 31.3 Å². The quantitative estimate of drug-likeness (QED) is 0.886. The average molecular weight is 363 g/mol. The van der Waals surface area contributed by atoms with Gasteiger partial charge in [-0.1, -0.05) is 36.4 Å². The summed E-state index contributed by atoms with van der Waals surface area (Å²) < 4.78 is 0. The Labute approximate surface area is 160 Å². The Morgan fingerprint density at radius 1 is 1.15 bits per heavy atom. The molecule has 5 heteroatoms. The van der Waals surface area contributed by atoms with Crippen LogP contribution in [0.2, 0.25) is 0 Å². The SMILES string of the molecule is CN(CC(=O)Nc1ccccc1N1CCCC1=O)C1CCc2ccccc21. The molecule has 2 amide bonds.